The normalized spacial score (nSPS) is 13.9. The van der Waals surface area contributed by atoms with Gasteiger partial charge in [0.05, 0.1) is 0 Å². The zero-order chi connectivity index (χ0) is 15.1. The second kappa shape index (κ2) is 8.21. The summed E-state index contributed by atoms with van der Waals surface area (Å²) in [6.45, 7) is 4.48. The van der Waals surface area contributed by atoms with Crippen molar-refractivity contribution in [2.24, 2.45) is 0 Å². The van der Waals surface area contributed by atoms with Gasteiger partial charge < -0.3 is 5.32 Å². The standard InChI is InChI=1S/C19H24ClN/c1-3-19(17-11-13-18(20)14-12-17)21-15(2)9-10-16-7-5-4-6-8-16/h4-8,11-15,19,21H,3,9-10H2,1-2H3. The molecule has 0 saturated heterocycles. The van der Waals surface area contributed by atoms with E-state index < -0.39 is 0 Å². The van der Waals surface area contributed by atoms with Gasteiger partial charge in [-0.3, -0.25) is 0 Å². The Bertz CT molecular complexity index is 521. The third kappa shape index (κ3) is 5.18. The van der Waals surface area contributed by atoms with Crippen LogP contribution in [-0.2, 0) is 6.42 Å². The first-order valence-electron chi connectivity index (χ1n) is 7.74. The van der Waals surface area contributed by atoms with Crippen molar-refractivity contribution in [1.82, 2.24) is 5.32 Å². The minimum Gasteiger partial charge on any atom is -0.307 e. The quantitative estimate of drug-likeness (QED) is 0.722. The van der Waals surface area contributed by atoms with Crippen LogP contribution in [0.15, 0.2) is 54.6 Å². The molecule has 1 N–H and O–H groups in total. The van der Waals surface area contributed by atoms with Gasteiger partial charge >= 0.3 is 0 Å². The van der Waals surface area contributed by atoms with Crippen molar-refractivity contribution in [2.75, 3.05) is 0 Å². The third-order valence-corrected chi connectivity index (χ3v) is 4.13. The number of hydrogen-bond acceptors (Lipinski definition) is 1. The molecule has 0 heterocycles. The lowest BCUT2D eigenvalue weighted by molar-refractivity contribution is 0.427. The smallest absolute Gasteiger partial charge is 0.0406 e. The van der Waals surface area contributed by atoms with Gasteiger partial charge in [0.25, 0.3) is 0 Å². The minimum absolute atomic E-state index is 0.396. The van der Waals surface area contributed by atoms with Crippen molar-refractivity contribution in [2.45, 2.75) is 45.2 Å². The van der Waals surface area contributed by atoms with E-state index in [4.69, 9.17) is 11.6 Å². The fraction of sp³-hybridized carbons (Fsp3) is 0.368. The summed E-state index contributed by atoms with van der Waals surface area (Å²) < 4.78 is 0. The molecule has 0 amide bonds. The Hall–Kier alpha value is -1.31. The van der Waals surface area contributed by atoms with E-state index in [0.717, 1.165) is 24.3 Å². The predicted octanol–water partition coefficient (Wildman–Crippen LogP) is 5.40. The summed E-state index contributed by atoms with van der Waals surface area (Å²) in [6, 6.07) is 19.7. The minimum atomic E-state index is 0.396. The molecular weight excluding hydrogens is 278 g/mol. The summed E-state index contributed by atoms with van der Waals surface area (Å²) in [5.74, 6) is 0. The van der Waals surface area contributed by atoms with E-state index in [9.17, 15) is 0 Å². The Balaban J connectivity index is 1.87. The van der Waals surface area contributed by atoms with Gasteiger partial charge in [-0.05, 0) is 49.4 Å². The van der Waals surface area contributed by atoms with E-state index in [1.54, 1.807) is 0 Å². The molecule has 2 unspecified atom stereocenters. The highest BCUT2D eigenvalue weighted by Crippen LogP contribution is 2.20. The number of benzene rings is 2. The summed E-state index contributed by atoms with van der Waals surface area (Å²) in [4.78, 5) is 0. The number of aryl methyl sites for hydroxylation is 1. The molecule has 0 bridgehead atoms. The first-order valence-corrected chi connectivity index (χ1v) is 8.12. The van der Waals surface area contributed by atoms with Crippen LogP contribution in [-0.4, -0.2) is 6.04 Å². The van der Waals surface area contributed by atoms with Crippen LogP contribution in [0.2, 0.25) is 5.02 Å². The number of rotatable bonds is 7. The molecule has 2 heteroatoms. The van der Waals surface area contributed by atoms with Crippen LogP contribution in [0.1, 0.15) is 43.9 Å². The van der Waals surface area contributed by atoms with E-state index >= 15 is 0 Å². The fourth-order valence-corrected chi connectivity index (χ4v) is 2.73. The van der Waals surface area contributed by atoms with Crippen LogP contribution in [0.5, 0.6) is 0 Å². The van der Waals surface area contributed by atoms with Crippen LogP contribution < -0.4 is 5.32 Å². The van der Waals surface area contributed by atoms with Gasteiger partial charge in [0, 0.05) is 17.1 Å². The van der Waals surface area contributed by atoms with Gasteiger partial charge in [-0.2, -0.15) is 0 Å². The van der Waals surface area contributed by atoms with Gasteiger partial charge in [-0.1, -0.05) is 61.0 Å². The van der Waals surface area contributed by atoms with E-state index in [2.05, 4.69) is 61.6 Å². The number of halogens is 1. The molecule has 21 heavy (non-hydrogen) atoms. The lowest BCUT2D eigenvalue weighted by Gasteiger charge is -2.23. The van der Waals surface area contributed by atoms with Gasteiger partial charge in [0.2, 0.25) is 0 Å². The van der Waals surface area contributed by atoms with Crippen molar-refractivity contribution < 1.29 is 0 Å². The summed E-state index contributed by atoms with van der Waals surface area (Å²) in [5.41, 5.74) is 2.72. The summed E-state index contributed by atoms with van der Waals surface area (Å²) in [5, 5.41) is 4.53. The molecule has 2 atom stereocenters. The molecule has 0 aliphatic heterocycles. The van der Waals surface area contributed by atoms with E-state index in [1.165, 1.54) is 11.1 Å². The van der Waals surface area contributed by atoms with Crippen LogP contribution in [0.25, 0.3) is 0 Å². The summed E-state index contributed by atoms with van der Waals surface area (Å²) >= 11 is 5.96. The Labute approximate surface area is 133 Å². The van der Waals surface area contributed by atoms with Crippen molar-refractivity contribution >= 4 is 11.6 Å². The van der Waals surface area contributed by atoms with E-state index in [-0.39, 0.29) is 0 Å². The molecule has 0 spiro atoms. The van der Waals surface area contributed by atoms with Gasteiger partial charge in [-0.25, -0.2) is 0 Å². The molecular formula is C19H24ClN. The van der Waals surface area contributed by atoms with Crippen molar-refractivity contribution in [3.8, 4) is 0 Å². The molecule has 0 aliphatic carbocycles. The van der Waals surface area contributed by atoms with Crippen molar-refractivity contribution in [1.29, 1.82) is 0 Å². The Morgan fingerprint density at radius 3 is 2.29 bits per heavy atom. The molecule has 0 saturated carbocycles. The fourth-order valence-electron chi connectivity index (χ4n) is 2.60. The highest BCUT2D eigenvalue weighted by Gasteiger charge is 2.12. The van der Waals surface area contributed by atoms with Crippen molar-refractivity contribution in [3.05, 3.63) is 70.7 Å². The SMILES string of the molecule is CCC(NC(C)CCc1ccccc1)c1ccc(Cl)cc1. The van der Waals surface area contributed by atoms with E-state index in [0.29, 0.717) is 12.1 Å². The van der Waals surface area contributed by atoms with Gasteiger partial charge in [-0.15, -0.1) is 0 Å². The average molecular weight is 302 g/mol. The van der Waals surface area contributed by atoms with Gasteiger partial charge in [0.1, 0.15) is 0 Å². The maximum absolute atomic E-state index is 5.96. The van der Waals surface area contributed by atoms with Crippen LogP contribution >= 0.6 is 11.6 Å². The first kappa shape index (κ1) is 16.1. The highest BCUT2D eigenvalue weighted by molar-refractivity contribution is 6.30. The number of hydrogen-bond donors (Lipinski definition) is 1. The Morgan fingerprint density at radius 2 is 1.67 bits per heavy atom. The van der Waals surface area contributed by atoms with Crippen LogP contribution in [0, 0.1) is 0 Å². The number of nitrogens with one attached hydrogen (secondary N) is 1. The lowest BCUT2D eigenvalue weighted by atomic mass is 10.0. The van der Waals surface area contributed by atoms with Gasteiger partial charge in [0.15, 0.2) is 0 Å². The molecule has 1 nitrogen and oxygen atoms in total. The topological polar surface area (TPSA) is 12.0 Å². The monoisotopic (exact) mass is 301 g/mol. The molecule has 2 aromatic rings. The lowest BCUT2D eigenvalue weighted by Crippen LogP contribution is -2.30. The summed E-state index contributed by atoms with van der Waals surface area (Å²) in [6.07, 6.45) is 3.34. The molecule has 2 rings (SSSR count). The zero-order valence-electron chi connectivity index (χ0n) is 12.9. The van der Waals surface area contributed by atoms with E-state index in [1.807, 2.05) is 12.1 Å². The summed E-state index contributed by atoms with van der Waals surface area (Å²) in [7, 11) is 0. The second-order valence-corrected chi connectivity index (χ2v) is 6.04. The molecule has 0 aliphatic rings. The predicted molar refractivity (Wildman–Crippen MR) is 91.8 cm³/mol. The maximum atomic E-state index is 5.96. The molecule has 0 fully saturated rings. The first-order chi connectivity index (χ1) is 10.2. The Morgan fingerprint density at radius 1 is 1.00 bits per heavy atom. The molecule has 112 valence electrons. The average Bonchev–Trinajstić information content (AvgIpc) is 2.52. The second-order valence-electron chi connectivity index (χ2n) is 5.60. The third-order valence-electron chi connectivity index (χ3n) is 3.88. The molecule has 2 aromatic carbocycles. The van der Waals surface area contributed by atoms with Crippen molar-refractivity contribution in [3.63, 3.8) is 0 Å². The zero-order valence-corrected chi connectivity index (χ0v) is 13.6. The maximum Gasteiger partial charge on any atom is 0.0406 e. The van der Waals surface area contributed by atoms with Crippen LogP contribution in [0.3, 0.4) is 0 Å². The Kier molecular flexibility index (Phi) is 6.28. The van der Waals surface area contributed by atoms with Crippen LogP contribution in [0.4, 0.5) is 0 Å². The largest absolute Gasteiger partial charge is 0.307 e. The highest BCUT2D eigenvalue weighted by atomic mass is 35.5. The molecule has 0 radical (unpaired) electrons. The molecule has 0 aromatic heterocycles.